The van der Waals surface area contributed by atoms with Crippen LogP contribution in [0.25, 0.3) is 10.8 Å². The number of carboxylic acids is 1. The molecule has 0 aliphatic heterocycles. The van der Waals surface area contributed by atoms with Gasteiger partial charge in [0.05, 0.1) is 4.90 Å². The van der Waals surface area contributed by atoms with Crippen LogP contribution in [0, 0.1) is 6.92 Å². The summed E-state index contributed by atoms with van der Waals surface area (Å²) in [4.78, 5) is 23.1. The first-order chi connectivity index (χ1) is 17.1. The first-order valence-electron chi connectivity index (χ1n) is 11.4. The average Bonchev–Trinajstić information content (AvgIpc) is 2.85. The van der Waals surface area contributed by atoms with Gasteiger partial charge in [0.1, 0.15) is 5.75 Å². The topological polar surface area (TPSA) is 101 Å². The van der Waals surface area contributed by atoms with E-state index in [0.29, 0.717) is 42.5 Å². The summed E-state index contributed by atoms with van der Waals surface area (Å²) in [5.41, 5.74) is 0.782. The van der Waals surface area contributed by atoms with E-state index >= 15 is 0 Å². The number of carbonyl (C=O) groups excluding carboxylic acids is 1. The zero-order valence-electron chi connectivity index (χ0n) is 20.1. The molecular formula is C26H28ClNO6S2. The maximum atomic E-state index is 13.4. The molecule has 10 heteroatoms. The lowest BCUT2D eigenvalue weighted by Crippen LogP contribution is -2.33. The van der Waals surface area contributed by atoms with Crippen LogP contribution in [-0.4, -0.2) is 55.0 Å². The van der Waals surface area contributed by atoms with Crippen LogP contribution in [0.1, 0.15) is 25.3 Å². The second kappa shape index (κ2) is 12.6. The second-order valence-corrected chi connectivity index (χ2v) is 11.7. The van der Waals surface area contributed by atoms with E-state index < -0.39 is 28.4 Å². The standard InChI is InChI=1S/C26H28ClNO6S2/c1-3-12-28(36(32,33)21-9-10-22-19(16-21)6-4-7-23(22)27)13-5-14-35-20-8-11-25(18(2)15-20)34-17-24(29)26(30)31/h4,6-11,15-16H,3,5,12-14,17H2,1-2H3,(H,30,31). The van der Waals surface area contributed by atoms with Crippen LogP contribution in [-0.2, 0) is 19.6 Å². The molecule has 0 spiro atoms. The van der Waals surface area contributed by atoms with Crippen LogP contribution >= 0.6 is 23.4 Å². The number of ketones is 1. The molecule has 192 valence electrons. The minimum Gasteiger partial charge on any atom is -0.485 e. The van der Waals surface area contributed by atoms with Crippen LogP contribution in [0.2, 0.25) is 5.02 Å². The number of Topliss-reactive ketones (excluding diaryl/α,β-unsaturated/α-hetero) is 1. The lowest BCUT2D eigenvalue weighted by atomic mass is 10.1. The Morgan fingerprint density at radius 2 is 1.86 bits per heavy atom. The number of carbonyl (C=O) groups is 2. The molecule has 0 aliphatic carbocycles. The number of hydrogen-bond acceptors (Lipinski definition) is 6. The molecule has 1 N–H and O–H groups in total. The summed E-state index contributed by atoms with van der Waals surface area (Å²) in [5, 5.41) is 10.8. The number of carboxylic acid groups (broad SMARTS) is 1. The first kappa shape index (κ1) is 28.0. The second-order valence-electron chi connectivity index (χ2n) is 8.17. The van der Waals surface area contributed by atoms with Gasteiger partial charge in [-0.05, 0) is 72.9 Å². The third-order valence-electron chi connectivity index (χ3n) is 5.47. The van der Waals surface area contributed by atoms with Crippen molar-refractivity contribution >= 4 is 55.9 Å². The van der Waals surface area contributed by atoms with Crippen molar-refractivity contribution in [3.05, 3.63) is 65.2 Å². The van der Waals surface area contributed by atoms with Gasteiger partial charge in [0.15, 0.2) is 6.61 Å². The van der Waals surface area contributed by atoms with Crippen molar-refractivity contribution in [1.82, 2.24) is 4.31 Å². The molecule has 3 rings (SSSR count). The van der Waals surface area contributed by atoms with E-state index in [1.807, 2.05) is 32.0 Å². The van der Waals surface area contributed by atoms with Gasteiger partial charge in [0.25, 0.3) is 5.78 Å². The number of fused-ring (bicyclic) bond motifs is 1. The van der Waals surface area contributed by atoms with Crippen molar-refractivity contribution in [2.45, 2.75) is 36.5 Å². The molecule has 0 unspecified atom stereocenters. The van der Waals surface area contributed by atoms with Crippen LogP contribution in [0.4, 0.5) is 0 Å². The van der Waals surface area contributed by atoms with Gasteiger partial charge in [0, 0.05) is 28.4 Å². The van der Waals surface area contributed by atoms with Gasteiger partial charge in [-0.3, -0.25) is 4.79 Å². The quantitative estimate of drug-likeness (QED) is 0.173. The minimum absolute atomic E-state index is 0.256. The highest BCUT2D eigenvalue weighted by molar-refractivity contribution is 7.99. The number of aliphatic carboxylic acids is 1. The summed E-state index contributed by atoms with van der Waals surface area (Å²) >= 11 is 7.81. The van der Waals surface area contributed by atoms with E-state index in [0.717, 1.165) is 21.2 Å². The molecule has 3 aromatic carbocycles. The summed E-state index contributed by atoms with van der Waals surface area (Å²) in [6, 6.07) is 15.9. The Hall–Kier alpha value is -2.59. The Balaban J connectivity index is 1.60. The molecule has 0 saturated heterocycles. The first-order valence-corrected chi connectivity index (χ1v) is 14.2. The summed E-state index contributed by atoms with van der Waals surface area (Å²) in [6.45, 7) is 4.08. The zero-order chi connectivity index (χ0) is 26.3. The van der Waals surface area contributed by atoms with E-state index in [1.165, 1.54) is 4.31 Å². The molecule has 0 radical (unpaired) electrons. The van der Waals surface area contributed by atoms with E-state index in [-0.39, 0.29) is 4.90 Å². The van der Waals surface area contributed by atoms with E-state index in [2.05, 4.69) is 0 Å². The molecule has 0 fully saturated rings. The van der Waals surface area contributed by atoms with Crippen molar-refractivity contribution in [2.75, 3.05) is 25.4 Å². The van der Waals surface area contributed by atoms with Gasteiger partial charge < -0.3 is 9.84 Å². The van der Waals surface area contributed by atoms with Crippen molar-refractivity contribution in [1.29, 1.82) is 0 Å². The SMILES string of the molecule is CCCN(CCCSc1ccc(OCC(=O)C(=O)O)c(C)c1)S(=O)(=O)c1ccc2c(Cl)cccc2c1. The molecule has 36 heavy (non-hydrogen) atoms. The molecule has 0 atom stereocenters. The highest BCUT2D eigenvalue weighted by Crippen LogP contribution is 2.28. The fourth-order valence-corrected chi connectivity index (χ4v) is 6.43. The normalized spacial score (nSPS) is 11.7. The maximum Gasteiger partial charge on any atom is 0.375 e. The summed E-state index contributed by atoms with van der Waals surface area (Å²) in [7, 11) is -3.65. The monoisotopic (exact) mass is 549 g/mol. The van der Waals surface area contributed by atoms with Crippen LogP contribution in [0.15, 0.2) is 64.4 Å². The Kier molecular flexibility index (Phi) is 9.78. The predicted molar refractivity (Wildman–Crippen MR) is 143 cm³/mol. The number of aryl methyl sites for hydroxylation is 1. The molecule has 0 aromatic heterocycles. The summed E-state index contributed by atoms with van der Waals surface area (Å²) in [5.74, 6) is -1.37. The van der Waals surface area contributed by atoms with Crippen molar-refractivity contribution in [2.24, 2.45) is 0 Å². The molecule has 0 aliphatic rings. The number of sulfonamides is 1. The van der Waals surface area contributed by atoms with Gasteiger partial charge in [0.2, 0.25) is 10.0 Å². The minimum atomic E-state index is -3.65. The molecular weight excluding hydrogens is 522 g/mol. The number of hydrogen-bond donors (Lipinski definition) is 1. The van der Waals surface area contributed by atoms with Gasteiger partial charge >= 0.3 is 5.97 Å². The Morgan fingerprint density at radius 1 is 1.08 bits per heavy atom. The van der Waals surface area contributed by atoms with E-state index in [1.54, 1.807) is 48.2 Å². The third kappa shape index (κ3) is 7.00. The Bertz CT molecular complexity index is 1360. The molecule has 7 nitrogen and oxygen atoms in total. The fourth-order valence-electron chi connectivity index (χ4n) is 3.64. The highest BCUT2D eigenvalue weighted by Gasteiger charge is 2.24. The third-order valence-corrected chi connectivity index (χ3v) is 8.78. The number of ether oxygens (including phenoxy) is 1. The number of halogens is 1. The molecule has 0 heterocycles. The largest absolute Gasteiger partial charge is 0.485 e. The molecule has 0 saturated carbocycles. The van der Waals surface area contributed by atoms with Crippen LogP contribution in [0.3, 0.4) is 0 Å². The van der Waals surface area contributed by atoms with E-state index in [4.69, 9.17) is 21.4 Å². The highest BCUT2D eigenvalue weighted by atomic mass is 35.5. The Labute approximate surface area is 220 Å². The number of rotatable bonds is 13. The lowest BCUT2D eigenvalue weighted by molar-refractivity contribution is -0.150. The van der Waals surface area contributed by atoms with Gasteiger partial charge in [-0.25, -0.2) is 13.2 Å². The number of thioether (sulfide) groups is 1. The van der Waals surface area contributed by atoms with Crippen molar-refractivity contribution in [3.8, 4) is 5.75 Å². The molecule has 3 aromatic rings. The fraction of sp³-hybridized carbons (Fsp3) is 0.308. The predicted octanol–water partition coefficient (Wildman–Crippen LogP) is 5.42. The van der Waals surface area contributed by atoms with Crippen molar-refractivity contribution in [3.63, 3.8) is 0 Å². The summed E-state index contributed by atoms with van der Waals surface area (Å²) < 4.78 is 33.5. The molecule has 0 bridgehead atoms. The Morgan fingerprint density at radius 3 is 2.56 bits per heavy atom. The smallest absolute Gasteiger partial charge is 0.375 e. The summed E-state index contributed by atoms with van der Waals surface area (Å²) in [6.07, 6.45) is 1.37. The number of benzene rings is 3. The van der Waals surface area contributed by atoms with Crippen LogP contribution in [0.5, 0.6) is 5.75 Å². The molecule has 0 amide bonds. The van der Waals surface area contributed by atoms with Crippen LogP contribution < -0.4 is 4.74 Å². The van der Waals surface area contributed by atoms with Gasteiger partial charge in [-0.1, -0.05) is 36.7 Å². The average molecular weight is 550 g/mol. The zero-order valence-corrected chi connectivity index (χ0v) is 22.5. The van der Waals surface area contributed by atoms with Crippen molar-refractivity contribution < 1.29 is 27.9 Å². The lowest BCUT2D eigenvalue weighted by Gasteiger charge is -2.22. The van der Waals surface area contributed by atoms with E-state index in [9.17, 15) is 18.0 Å². The van der Waals surface area contributed by atoms with Gasteiger partial charge in [-0.2, -0.15) is 4.31 Å². The van der Waals surface area contributed by atoms with Gasteiger partial charge in [-0.15, -0.1) is 11.8 Å². The maximum absolute atomic E-state index is 13.4. The number of nitrogens with zero attached hydrogens (tertiary/aromatic N) is 1.